The lowest BCUT2D eigenvalue weighted by atomic mass is 9.95. The lowest BCUT2D eigenvalue weighted by Crippen LogP contribution is -2.35. The predicted molar refractivity (Wildman–Crippen MR) is 121 cm³/mol. The number of benzene rings is 3. The molecule has 31 heavy (non-hydrogen) atoms. The van der Waals surface area contributed by atoms with Gasteiger partial charge in [0.05, 0.1) is 6.04 Å². The van der Waals surface area contributed by atoms with E-state index in [9.17, 15) is 4.79 Å². The Morgan fingerprint density at radius 2 is 1.65 bits per heavy atom. The minimum absolute atomic E-state index is 0.0579. The maximum absolute atomic E-state index is 12.7. The van der Waals surface area contributed by atoms with Gasteiger partial charge in [-0.1, -0.05) is 68.4 Å². The second-order valence-corrected chi connectivity index (χ2v) is 7.84. The van der Waals surface area contributed by atoms with Gasteiger partial charge in [0, 0.05) is 5.56 Å². The predicted octanol–water partition coefficient (Wildman–Crippen LogP) is 5.02. The Balaban J connectivity index is 1.44. The van der Waals surface area contributed by atoms with Crippen molar-refractivity contribution >= 4 is 5.91 Å². The minimum Gasteiger partial charge on any atom is -0.486 e. The van der Waals surface area contributed by atoms with E-state index in [0.29, 0.717) is 19.0 Å². The van der Waals surface area contributed by atoms with Crippen molar-refractivity contribution in [2.45, 2.75) is 19.9 Å². The number of nitrogens with one attached hydrogen (secondary N) is 1. The summed E-state index contributed by atoms with van der Waals surface area (Å²) in [5.74, 6) is 2.17. The first-order valence-corrected chi connectivity index (χ1v) is 10.6. The Labute approximate surface area is 183 Å². The highest BCUT2D eigenvalue weighted by atomic mass is 16.6. The molecule has 1 heterocycles. The maximum Gasteiger partial charge on any atom is 0.258 e. The molecule has 0 unspecified atom stereocenters. The molecule has 1 aliphatic heterocycles. The molecule has 1 aliphatic rings. The average Bonchev–Trinajstić information content (AvgIpc) is 2.81. The summed E-state index contributed by atoms with van der Waals surface area (Å²) >= 11 is 0. The van der Waals surface area contributed by atoms with Gasteiger partial charge >= 0.3 is 0 Å². The monoisotopic (exact) mass is 417 g/mol. The van der Waals surface area contributed by atoms with Crippen LogP contribution in [0, 0.1) is 5.92 Å². The molecule has 3 aromatic carbocycles. The number of hydrogen-bond acceptors (Lipinski definition) is 4. The molecule has 0 aromatic heterocycles. The van der Waals surface area contributed by atoms with Crippen molar-refractivity contribution in [3.05, 3.63) is 78.4 Å². The molecule has 160 valence electrons. The van der Waals surface area contributed by atoms with Crippen LogP contribution in [0.15, 0.2) is 72.8 Å². The van der Waals surface area contributed by atoms with Gasteiger partial charge in [-0.3, -0.25) is 4.79 Å². The number of rotatable bonds is 7. The zero-order chi connectivity index (χ0) is 21.6. The van der Waals surface area contributed by atoms with E-state index >= 15 is 0 Å². The summed E-state index contributed by atoms with van der Waals surface area (Å²) in [6, 6.07) is 23.4. The third kappa shape index (κ3) is 5.00. The van der Waals surface area contributed by atoms with Crippen molar-refractivity contribution in [3.63, 3.8) is 0 Å². The molecule has 0 saturated heterocycles. The first kappa shape index (κ1) is 20.8. The van der Waals surface area contributed by atoms with Crippen LogP contribution in [0.4, 0.5) is 0 Å². The highest BCUT2D eigenvalue weighted by Crippen LogP contribution is 2.34. The van der Waals surface area contributed by atoms with Gasteiger partial charge in [-0.05, 0) is 35.2 Å². The molecule has 0 bridgehead atoms. The molecule has 0 saturated carbocycles. The lowest BCUT2D eigenvalue weighted by Gasteiger charge is -2.25. The van der Waals surface area contributed by atoms with Crippen LogP contribution in [0.25, 0.3) is 11.1 Å². The number of carbonyl (C=O) groups is 1. The van der Waals surface area contributed by atoms with Crippen LogP contribution in [0.1, 0.15) is 25.5 Å². The van der Waals surface area contributed by atoms with Crippen LogP contribution in [0.3, 0.4) is 0 Å². The molecular weight excluding hydrogens is 390 g/mol. The largest absolute Gasteiger partial charge is 0.486 e. The summed E-state index contributed by atoms with van der Waals surface area (Å²) in [4.78, 5) is 12.7. The Kier molecular flexibility index (Phi) is 6.41. The van der Waals surface area contributed by atoms with E-state index in [1.54, 1.807) is 0 Å². The number of amides is 1. The summed E-state index contributed by atoms with van der Waals surface area (Å²) in [7, 11) is 0. The second-order valence-electron chi connectivity index (χ2n) is 7.84. The van der Waals surface area contributed by atoms with Crippen LogP contribution in [0.5, 0.6) is 17.2 Å². The minimum atomic E-state index is -0.170. The zero-order valence-electron chi connectivity index (χ0n) is 17.8. The van der Waals surface area contributed by atoms with Crippen LogP contribution < -0.4 is 19.5 Å². The molecule has 0 aliphatic carbocycles. The molecule has 1 amide bonds. The SMILES string of the molecule is CC(C)[C@H](NC(=O)COc1ccccc1-c1ccccc1)c1ccc2c(c1)OCCO2. The first-order chi connectivity index (χ1) is 15.1. The molecule has 0 fully saturated rings. The van der Waals surface area contributed by atoms with Gasteiger partial charge in [0.1, 0.15) is 19.0 Å². The van der Waals surface area contributed by atoms with Gasteiger partial charge in [0.15, 0.2) is 18.1 Å². The van der Waals surface area contributed by atoms with Gasteiger partial charge in [0.25, 0.3) is 5.91 Å². The fraction of sp³-hybridized carbons (Fsp3) is 0.269. The van der Waals surface area contributed by atoms with Crippen molar-refractivity contribution in [1.82, 2.24) is 5.32 Å². The molecule has 5 nitrogen and oxygen atoms in total. The third-order valence-corrected chi connectivity index (χ3v) is 5.24. The van der Waals surface area contributed by atoms with Crippen LogP contribution in [-0.4, -0.2) is 25.7 Å². The van der Waals surface area contributed by atoms with Gasteiger partial charge in [-0.2, -0.15) is 0 Å². The van der Waals surface area contributed by atoms with Gasteiger partial charge in [0.2, 0.25) is 0 Å². The Bertz CT molecular complexity index is 1030. The zero-order valence-corrected chi connectivity index (χ0v) is 17.8. The number of para-hydroxylation sites is 1. The maximum atomic E-state index is 12.7. The molecule has 0 radical (unpaired) electrons. The van der Waals surface area contributed by atoms with Crippen molar-refractivity contribution in [1.29, 1.82) is 0 Å². The summed E-state index contributed by atoms with van der Waals surface area (Å²) < 4.78 is 17.2. The summed E-state index contributed by atoms with van der Waals surface area (Å²) in [5, 5.41) is 3.11. The fourth-order valence-corrected chi connectivity index (χ4v) is 3.70. The number of carbonyl (C=O) groups excluding carboxylic acids is 1. The molecule has 5 heteroatoms. The van der Waals surface area contributed by atoms with Gasteiger partial charge in [-0.25, -0.2) is 0 Å². The first-order valence-electron chi connectivity index (χ1n) is 10.6. The highest BCUT2D eigenvalue weighted by Gasteiger charge is 2.22. The Hall–Kier alpha value is -3.47. The molecule has 1 N–H and O–H groups in total. The number of hydrogen-bond donors (Lipinski definition) is 1. The molecular formula is C26H27NO4. The topological polar surface area (TPSA) is 56.8 Å². The summed E-state index contributed by atoms with van der Waals surface area (Å²) in [6.45, 7) is 5.18. The summed E-state index contributed by atoms with van der Waals surface area (Å²) in [5.41, 5.74) is 3.00. The fourth-order valence-electron chi connectivity index (χ4n) is 3.70. The third-order valence-electron chi connectivity index (χ3n) is 5.24. The highest BCUT2D eigenvalue weighted by molar-refractivity contribution is 5.79. The normalized spacial score (nSPS) is 13.5. The van der Waals surface area contributed by atoms with Gasteiger partial charge < -0.3 is 19.5 Å². The van der Waals surface area contributed by atoms with E-state index in [2.05, 4.69) is 19.2 Å². The number of ether oxygens (including phenoxy) is 3. The molecule has 3 aromatic rings. The van der Waals surface area contributed by atoms with Crippen molar-refractivity contribution in [2.75, 3.05) is 19.8 Å². The smallest absolute Gasteiger partial charge is 0.258 e. The van der Waals surface area contributed by atoms with Crippen LogP contribution in [0.2, 0.25) is 0 Å². The lowest BCUT2D eigenvalue weighted by molar-refractivity contribution is -0.124. The van der Waals surface area contributed by atoms with E-state index in [4.69, 9.17) is 14.2 Å². The molecule has 1 atom stereocenters. The molecule has 4 rings (SSSR count). The van der Waals surface area contributed by atoms with Crippen molar-refractivity contribution < 1.29 is 19.0 Å². The van der Waals surface area contributed by atoms with Crippen LogP contribution >= 0.6 is 0 Å². The average molecular weight is 418 g/mol. The van der Waals surface area contributed by atoms with Crippen LogP contribution in [-0.2, 0) is 4.79 Å². The quantitative estimate of drug-likeness (QED) is 0.587. The Morgan fingerprint density at radius 3 is 2.42 bits per heavy atom. The van der Waals surface area contributed by atoms with Crippen molar-refractivity contribution in [2.24, 2.45) is 5.92 Å². The summed E-state index contributed by atoms with van der Waals surface area (Å²) in [6.07, 6.45) is 0. The Morgan fingerprint density at radius 1 is 0.935 bits per heavy atom. The van der Waals surface area contributed by atoms with E-state index in [1.165, 1.54) is 0 Å². The van der Waals surface area contributed by atoms with E-state index in [-0.39, 0.29) is 24.5 Å². The second kappa shape index (κ2) is 9.56. The van der Waals surface area contributed by atoms with E-state index in [0.717, 1.165) is 28.2 Å². The van der Waals surface area contributed by atoms with E-state index < -0.39 is 0 Å². The van der Waals surface area contributed by atoms with E-state index in [1.807, 2.05) is 72.8 Å². The number of fused-ring (bicyclic) bond motifs is 1. The standard InChI is InChI=1S/C26H27NO4/c1-18(2)26(20-12-13-23-24(16-20)30-15-14-29-23)27-25(28)17-31-22-11-7-6-10-21(22)19-8-4-3-5-9-19/h3-13,16,18,26H,14-15,17H2,1-2H3,(H,27,28)/t26-/m0/s1. The van der Waals surface area contributed by atoms with Crippen molar-refractivity contribution in [3.8, 4) is 28.4 Å². The van der Waals surface area contributed by atoms with Gasteiger partial charge in [-0.15, -0.1) is 0 Å². The molecule has 0 spiro atoms.